The van der Waals surface area contributed by atoms with Crippen molar-refractivity contribution in [2.24, 2.45) is 0 Å². The first-order chi connectivity index (χ1) is 11.1. The number of hydrogen-bond donors (Lipinski definition) is 2. The molecule has 130 valence electrons. The zero-order valence-corrected chi connectivity index (χ0v) is 14.6. The molecule has 1 aromatic rings. The Balaban J connectivity index is 0.00000208. The Kier molecular flexibility index (Phi) is 6.40. The van der Waals surface area contributed by atoms with Gasteiger partial charge in [0.2, 0.25) is 11.8 Å². The highest BCUT2D eigenvalue weighted by atomic mass is 35.5. The third-order valence-electron chi connectivity index (χ3n) is 4.56. The van der Waals surface area contributed by atoms with Gasteiger partial charge in [0.05, 0.1) is 12.5 Å². The van der Waals surface area contributed by atoms with E-state index in [9.17, 15) is 9.59 Å². The first-order valence-corrected chi connectivity index (χ1v) is 8.21. The summed E-state index contributed by atoms with van der Waals surface area (Å²) in [6, 6.07) is 8.06. The molecule has 0 aromatic heterocycles. The molecule has 3 rings (SSSR count). The standard InChI is InChI=1S/C18H23N3O2.ClH/c1-13(22)21-10-8-14-5-2-3-7-16(14)17(21)11-18(23)20-12-15-6-4-9-19-15;/h2-3,5,7-8,10,15,17,19H,4,6,9,11-12H2,1H3,(H,20,23);1H. The summed E-state index contributed by atoms with van der Waals surface area (Å²) in [5, 5.41) is 6.37. The van der Waals surface area contributed by atoms with Gasteiger partial charge in [-0.3, -0.25) is 9.59 Å². The Labute approximate surface area is 148 Å². The summed E-state index contributed by atoms with van der Waals surface area (Å²) in [5.74, 6) is -0.0638. The first-order valence-electron chi connectivity index (χ1n) is 8.21. The predicted molar refractivity (Wildman–Crippen MR) is 96.6 cm³/mol. The number of hydrogen-bond acceptors (Lipinski definition) is 3. The minimum absolute atomic E-state index is 0. The van der Waals surface area contributed by atoms with E-state index in [0.29, 0.717) is 12.6 Å². The molecular weight excluding hydrogens is 326 g/mol. The third-order valence-corrected chi connectivity index (χ3v) is 4.56. The molecule has 0 spiro atoms. The van der Waals surface area contributed by atoms with Crippen LogP contribution in [0, 0.1) is 0 Å². The molecule has 0 radical (unpaired) electrons. The van der Waals surface area contributed by atoms with E-state index in [1.54, 1.807) is 11.1 Å². The van der Waals surface area contributed by atoms with Crippen molar-refractivity contribution in [1.82, 2.24) is 15.5 Å². The second kappa shape index (κ2) is 8.31. The fourth-order valence-electron chi connectivity index (χ4n) is 3.33. The number of rotatable bonds is 4. The minimum atomic E-state index is -0.231. The molecule has 1 saturated heterocycles. The molecule has 2 heterocycles. The van der Waals surface area contributed by atoms with Crippen LogP contribution >= 0.6 is 12.4 Å². The molecule has 2 atom stereocenters. The van der Waals surface area contributed by atoms with E-state index in [1.807, 2.05) is 30.3 Å². The molecular formula is C18H24ClN3O2. The molecule has 2 N–H and O–H groups in total. The predicted octanol–water partition coefficient (Wildman–Crippen LogP) is 2.24. The molecule has 2 aliphatic heterocycles. The van der Waals surface area contributed by atoms with Crippen LogP contribution in [0.3, 0.4) is 0 Å². The van der Waals surface area contributed by atoms with Crippen LogP contribution in [0.15, 0.2) is 30.5 Å². The Morgan fingerprint density at radius 3 is 2.83 bits per heavy atom. The van der Waals surface area contributed by atoms with Crippen molar-refractivity contribution in [3.05, 3.63) is 41.6 Å². The molecule has 5 nitrogen and oxygen atoms in total. The topological polar surface area (TPSA) is 61.4 Å². The fourth-order valence-corrected chi connectivity index (χ4v) is 3.33. The Morgan fingerprint density at radius 1 is 1.33 bits per heavy atom. The summed E-state index contributed by atoms with van der Waals surface area (Å²) in [5.41, 5.74) is 2.10. The van der Waals surface area contributed by atoms with Crippen LogP contribution in [0.1, 0.15) is 43.4 Å². The molecule has 2 unspecified atom stereocenters. The number of halogens is 1. The van der Waals surface area contributed by atoms with Crippen LogP contribution in [0.5, 0.6) is 0 Å². The fraction of sp³-hybridized carbons (Fsp3) is 0.444. The zero-order chi connectivity index (χ0) is 16.2. The smallest absolute Gasteiger partial charge is 0.223 e. The lowest BCUT2D eigenvalue weighted by Gasteiger charge is -2.32. The van der Waals surface area contributed by atoms with Crippen LogP contribution < -0.4 is 10.6 Å². The van der Waals surface area contributed by atoms with Crippen LogP contribution in [0.2, 0.25) is 0 Å². The highest BCUT2D eigenvalue weighted by molar-refractivity contribution is 5.85. The molecule has 1 aromatic carbocycles. The van der Waals surface area contributed by atoms with Crippen molar-refractivity contribution >= 4 is 30.3 Å². The van der Waals surface area contributed by atoms with Gasteiger partial charge in [0.1, 0.15) is 0 Å². The van der Waals surface area contributed by atoms with Gasteiger partial charge in [-0.2, -0.15) is 0 Å². The van der Waals surface area contributed by atoms with Gasteiger partial charge in [-0.05, 0) is 36.6 Å². The van der Waals surface area contributed by atoms with E-state index in [1.165, 1.54) is 13.3 Å². The Hall–Kier alpha value is -1.85. The van der Waals surface area contributed by atoms with E-state index < -0.39 is 0 Å². The monoisotopic (exact) mass is 349 g/mol. The van der Waals surface area contributed by atoms with Crippen molar-refractivity contribution in [1.29, 1.82) is 0 Å². The number of nitrogens with zero attached hydrogens (tertiary/aromatic N) is 1. The zero-order valence-electron chi connectivity index (χ0n) is 13.8. The number of carbonyl (C=O) groups excluding carboxylic acids is 2. The summed E-state index contributed by atoms with van der Waals surface area (Å²) in [6.07, 6.45) is 6.26. The van der Waals surface area contributed by atoms with Gasteiger partial charge in [-0.25, -0.2) is 0 Å². The largest absolute Gasteiger partial charge is 0.354 e. The first kappa shape index (κ1) is 18.5. The van der Waals surface area contributed by atoms with Gasteiger partial charge >= 0.3 is 0 Å². The minimum Gasteiger partial charge on any atom is -0.354 e. The van der Waals surface area contributed by atoms with Crippen molar-refractivity contribution in [3.63, 3.8) is 0 Å². The molecule has 0 saturated carbocycles. The van der Waals surface area contributed by atoms with Crippen LogP contribution in [-0.4, -0.2) is 35.8 Å². The second-order valence-corrected chi connectivity index (χ2v) is 6.19. The maximum Gasteiger partial charge on any atom is 0.223 e. The SMILES string of the molecule is CC(=O)N1C=Cc2ccccc2C1CC(=O)NCC1CCCN1.Cl. The normalized spacial score (nSPS) is 21.8. The second-order valence-electron chi connectivity index (χ2n) is 6.19. The average molecular weight is 350 g/mol. The maximum atomic E-state index is 12.3. The number of nitrogens with one attached hydrogen (secondary N) is 2. The van der Waals surface area contributed by atoms with Crippen LogP contribution in [-0.2, 0) is 9.59 Å². The summed E-state index contributed by atoms with van der Waals surface area (Å²) in [6.45, 7) is 3.22. The van der Waals surface area contributed by atoms with Gasteiger partial charge in [0.15, 0.2) is 0 Å². The molecule has 24 heavy (non-hydrogen) atoms. The van der Waals surface area contributed by atoms with Gasteiger partial charge in [-0.1, -0.05) is 24.3 Å². The number of amides is 2. The van der Waals surface area contributed by atoms with E-state index in [2.05, 4.69) is 10.6 Å². The molecule has 0 bridgehead atoms. The van der Waals surface area contributed by atoms with Crippen molar-refractivity contribution in [3.8, 4) is 0 Å². The van der Waals surface area contributed by atoms with Gasteiger partial charge in [-0.15, -0.1) is 12.4 Å². The van der Waals surface area contributed by atoms with Crippen LogP contribution in [0.25, 0.3) is 6.08 Å². The van der Waals surface area contributed by atoms with E-state index in [0.717, 1.165) is 24.1 Å². The highest BCUT2D eigenvalue weighted by Gasteiger charge is 2.28. The van der Waals surface area contributed by atoms with Gasteiger partial charge in [0, 0.05) is 25.7 Å². The third kappa shape index (κ3) is 4.16. The summed E-state index contributed by atoms with van der Waals surface area (Å²) >= 11 is 0. The van der Waals surface area contributed by atoms with Gasteiger partial charge < -0.3 is 15.5 Å². The number of fused-ring (bicyclic) bond motifs is 1. The quantitative estimate of drug-likeness (QED) is 0.876. The Bertz CT molecular complexity index is 626. The number of carbonyl (C=O) groups is 2. The van der Waals surface area contributed by atoms with E-state index in [4.69, 9.17) is 0 Å². The lowest BCUT2D eigenvalue weighted by molar-refractivity contribution is -0.129. The molecule has 1 fully saturated rings. The molecule has 0 aliphatic carbocycles. The van der Waals surface area contributed by atoms with E-state index in [-0.39, 0.29) is 36.7 Å². The summed E-state index contributed by atoms with van der Waals surface area (Å²) in [7, 11) is 0. The Morgan fingerprint density at radius 2 is 2.12 bits per heavy atom. The van der Waals surface area contributed by atoms with Crippen LogP contribution in [0.4, 0.5) is 0 Å². The van der Waals surface area contributed by atoms with E-state index >= 15 is 0 Å². The maximum absolute atomic E-state index is 12.3. The van der Waals surface area contributed by atoms with Crippen molar-refractivity contribution < 1.29 is 9.59 Å². The molecule has 2 aliphatic rings. The highest BCUT2D eigenvalue weighted by Crippen LogP contribution is 2.32. The molecule has 2 amide bonds. The van der Waals surface area contributed by atoms with Gasteiger partial charge in [0.25, 0.3) is 0 Å². The summed E-state index contributed by atoms with van der Waals surface area (Å²) in [4.78, 5) is 25.9. The van der Waals surface area contributed by atoms with Crippen molar-refractivity contribution in [2.45, 2.75) is 38.3 Å². The number of benzene rings is 1. The summed E-state index contributed by atoms with van der Waals surface area (Å²) < 4.78 is 0. The average Bonchev–Trinajstić information content (AvgIpc) is 3.06. The lowest BCUT2D eigenvalue weighted by atomic mass is 9.93. The lowest BCUT2D eigenvalue weighted by Crippen LogP contribution is -2.39. The van der Waals surface area contributed by atoms with Crippen molar-refractivity contribution in [2.75, 3.05) is 13.1 Å². The molecule has 6 heteroatoms.